The Kier molecular flexibility index (Phi) is 6.14. The van der Waals surface area contributed by atoms with Crippen LogP contribution in [0.3, 0.4) is 0 Å². The Hall–Kier alpha value is -1.92. The molecule has 0 saturated heterocycles. The van der Waals surface area contributed by atoms with E-state index in [1.165, 1.54) is 37.1 Å². The van der Waals surface area contributed by atoms with Gasteiger partial charge >= 0.3 is 11.9 Å². The van der Waals surface area contributed by atoms with E-state index in [-0.39, 0.29) is 23.2 Å². The second kappa shape index (κ2) is 7.62. The molecule has 0 aromatic heterocycles. The highest BCUT2D eigenvalue weighted by atomic mass is 16.4. The molecule has 110 valence electrons. The van der Waals surface area contributed by atoms with Crippen LogP contribution in [0.1, 0.15) is 46.4 Å². The van der Waals surface area contributed by atoms with E-state index in [4.69, 9.17) is 21.7 Å². The summed E-state index contributed by atoms with van der Waals surface area (Å²) in [5.41, 5.74) is 10.9. The molecule has 1 aliphatic rings. The van der Waals surface area contributed by atoms with Crippen LogP contribution >= 0.6 is 0 Å². The third-order valence-electron chi connectivity index (χ3n) is 3.26. The molecule has 6 nitrogen and oxygen atoms in total. The van der Waals surface area contributed by atoms with Crippen LogP contribution < -0.4 is 11.5 Å². The summed E-state index contributed by atoms with van der Waals surface area (Å²) < 4.78 is 0. The molecule has 2 atom stereocenters. The molecule has 0 aliphatic heterocycles. The van der Waals surface area contributed by atoms with E-state index in [9.17, 15) is 9.59 Å². The lowest BCUT2D eigenvalue weighted by Crippen LogP contribution is -2.43. The summed E-state index contributed by atoms with van der Waals surface area (Å²) in [6, 6.07) is 6.04. The fourth-order valence-electron chi connectivity index (χ4n) is 2.04. The van der Waals surface area contributed by atoms with Gasteiger partial charge in [0.15, 0.2) is 0 Å². The largest absolute Gasteiger partial charge is 0.478 e. The first kappa shape index (κ1) is 16.1. The predicted molar refractivity (Wildman–Crippen MR) is 74.8 cm³/mol. The van der Waals surface area contributed by atoms with Crippen molar-refractivity contribution in [2.45, 2.75) is 37.8 Å². The Labute approximate surface area is 117 Å². The molecule has 6 N–H and O–H groups in total. The summed E-state index contributed by atoms with van der Waals surface area (Å²) in [6.07, 6.45) is 4.80. The Morgan fingerprint density at radius 3 is 1.50 bits per heavy atom. The smallest absolute Gasteiger partial charge is 0.336 e. The van der Waals surface area contributed by atoms with E-state index < -0.39 is 11.9 Å². The normalized spacial score (nSPS) is 21.5. The van der Waals surface area contributed by atoms with Gasteiger partial charge in [0.25, 0.3) is 0 Å². The van der Waals surface area contributed by atoms with Crippen LogP contribution in [0.15, 0.2) is 24.3 Å². The molecular weight excluding hydrogens is 260 g/mol. The summed E-state index contributed by atoms with van der Waals surface area (Å²) in [6.45, 7) is 0. The molecule has 1 fully saturated rings. The standard InChI is InChI=1S/C8H6O4.C6H14N2/c9-7(10)5-3-1-2-4-6(5)8(11)12;7-5-3-1-2-4-6(5)8/h1-4H,(H,9,10)(H,11,12);5-6H,1-4,7-8H2/t;5-,6-/m.1/s1. The highest BCUT2D eigenvalue weighted by Gasteiger charge is 2.16. The molecule has 0 spiro atoms. The van der Waals surface area contributed by atoms with Crippen LogP contribution in [-0.4, -0.2) is 34.2 Å². The molecule has 2 rings (SSSR count). The summed E-state index contributed by atoms with van der Waals surface area (Å²) in [4.78, 5) is 20.9. The fourth-order valence-corrected chi connectivity index (χ4v) is 2.04. The number of aromatic carboxylic acids is 2. The molecule has 1 saturated carbocycles. The Bertz CT molecular complexity index is 433. The molecule has 20 heavy (non-hydrogen) atoms. The van der Waals surface area contributed by atoms with Gasteiger partial charge in [-0.1, -0.05) is 25.0 Å². The minimum Gasteiger partial charge on any atom is -0.478 e. The van der Waals surface area contributed by atoms with Gasteiger partial charge in [-0.25, -0.2) is 9.59 Å². The lowest BCUT2D eigenvalue weighted by molar-refractivity contribution is 0.0651. The van der Waals surface area contributed by atoms with Crippen molar-refractivity contribution in [1.29, 1.82) is 0 Å². The molecule has 6 heteroatoms. The lowest BCUT2D eigenvalue weighted by atomic mass is 9.92. The predicted octanol–water partition coefficient (Wildman–Crippen LogP) is 1.30. The number of carboxylic acid groups (broad SMARTS) is 2. The van der Waals surface area contributed by atoms with E-state index in [0.29, 0.717) is 0 Å². The van der Waals surface area contributed by atoms with E-state index in [1.807, 2.05) is 0 Å². The van der Waals surface area contributed by atoms with E-state index in [2.05, 4.69) is 0 Å². The molecule has 0 heterocycles. The van der Waals surface area contributed by atoms with Crippen LogP contribution in [0.2, 0.25) is 0 Å². The van der Waals surface area contributed by atoms with Crippen molar-refractivity contribution in [2.24, 2.45) is 11.5 Å². The molecule has 0 unspecified atom stereocenters. The zero-order chi connectivity index (χ0) is 15.1. The van der Waals surface area contributed by atoms with Gasteiger partial charge in [-0.3, -0.25) is 0 Å². The minimum atomic E-state index is -1.23. The van der Waals surface area contributed by atoms with Gasteiger partial charge in [-0.2, -0.15) is 0 Å². The van der Waals surface area contributed by atoms with E-state index in [1.54, 1.807) is 0 Å². The van der Waals surface area contributed by atoms with Gasteiger partial charge in [0.1, 0.15) is 0 Å². The maximum absolute atomic E-state index is 10.5. The van der Waals surface area contributed by atoms with Crippen LogP contribution in [0.25, 0.3) is 0 Å². The molecular formula is C14H20N2O4. The second-order valence-corrected chi connectivity index (χ2v) is 4.77. The van der Waals surface area contributed by atoms with Gasteiger partial charge in [0.2, 0.25) is 0 Å². The molecule has 1 aromatic carbocycles. The summed E-state index contributed by atoms with van der Waals surface area (Å²) in [5, 5.41) is 17.1. The molecule has 1 aromatic rings. The number of nitrogens with two attached hydrogens (primary N) is 2. The SMILES string of the molecule is N[C@@H]1CCCC[C@H]1N.O=C(O)c1ccccc1C(=O)O. The van der Waals surface area contributed by atoms with Crippen molar-refractivity contribution in [2.75, 3.05) is 0 Å². The van der Waals surface area contributed by atoms with Crippen molar-refractivity contribution >= 4 is 11.9 Å². The van der Waals surface area contributed by atoms with Gasteiger partial charge in [0.05, 0.1) is 11.1 Å². The Morgan fingerprint density at radius 2 is 1.25 bits per heavy atom. The summed E-state index contributed by atoms with van der Waals surface area (Å²) >= 11 is 0. The highest BCUT2D eigenvalue weighted by Crippen LogP contribution is 2.14. The van der Waals surface area contributed by atoms with Gasteiger partial charge < -0.3 is 21.7 Å². The van der Waals surface area contributed by atoms with Crippen LogP contribution in [0, 0.1) is 0 Å². The highest BCUT2D eigenvalue weighted by molar-refractivity contribution is 6.01. The number of rotatable bonds is 2. The molecule has 0 radical (unpaired) electrons. The summed E-state index contributed by atoms with van der Waals surface area (Å²) in [7, 11) is 0. The van der Waals surface area contributed by atoms with Gasteiger partial charge in [-0.05, 0) is 25.0 Å². The number of carboxylic acids is 2. The average molecular weight is 280 g/mol. The zero-order valence-electron chi connectivity index (χ0n) is 11.2. The third kappa shape index (κ3) is 4.64. The third-order valence-corrected chi connectivity index (χ3v) is 3.26. The van der Waals surface area contributed by atoms with Gasteiger partial charge in [0, 0.05) is 12.1 Å². The quantitative estimate of drug-likeness (QED) is 0.646. The number of carbonyl (C=O) groups is 2. The van der Waals surface area contributed by atoms with E-state index >= 15 is 0 Å². The first-order valence-corrected chi connectivity index (χ1v) is 6.50. The van der Waals surface area contributed by atoms with Crippen molar-refractivity contribution in [3.05, 3.63) is 35.4 Å². The van der Waals surface area contributed by atoms with Gasteiger partial charge in [-0.15, -0.1) is 0 Å². The van der Waals surface area contributed by atoms with Crippen molar-refractivity contribution in [3.8, 4) is 0 Å². The first-order valence-electron chi connectivity index (χ1n) is 6.50. The molecule has 0 bridgehead atoms. The fraction of sp³-hybridized carbons (Fsp3) is 0.429. The van der Waals surface area contributed by atoms with Crippen molar-refractivity contribution < 1.29 is 19.8 Å². The first-order chi connectivity index (χ1) is 9.43. The lowest BCUT2D eigenvalue weighted by Gasteiger charge is -2.24. The Balaban J connectivity index is 0.000000217. The minimum absolute atomic E-state index is 0.190. The maximum atomic E-state index is 10.5. The van der Waals surface area contributed by atoms with Crippen LogP contribution in [0.5, 0.6) is 0 Å². The zero-order valence-corrected chi connectivity index (χ0v) is 11.2. The van der Waals surface area contributed by atoms with Crippen molar-refractivity contribution in [3.63, 3.8) is 0 Å². The number of benzene rings is 1. The Morgan fingerprint density at radius 1 is 0.900 bits per heavy atom. The average Bonchev–Trinajstić information content (AvgIpc) is 2.43. The molecule has 1 aliphatic carbocycles. The molecule has 0 amide bonds. The van der Waals surface area contributed by atoms with Crippen LogP contribution in [-0.2, 0) is 0 Å². The number of hydrogen-bond donors (Lipinski definition) is 4. The van der Waals surface area contributed by atoms with E-state index in [0.717, 1.165) is 12.8 Å². The monoisotopic (exact) mass is 280 g/mol. The topological polar surface area (TPSA) is 127 Å². The maximum Gasteiger partial charge on any atom is 0.336 e. The number of hydrogen-bond acceptors (Lipinski definition) is 4. The van der Waals surface area contributed by atoms with Crippen LogP contribution in [0.4, 0.5) is 0 Å². The summed E-state index contributed by atoms with van der Waals surface area (Å²) in [5.74, 6) is -2.46. The second-order valence-electron chi connectivity index (χ2n) is 4.77. The van der Waals surface area contributed by atoms with Crippen molar-refractivity contribution in [1.82, 2.24) is 0 Å².